The fourth-order valence-corrected chi connectivity index (χ4v) is 3.15. The van der Waals surface area contributed by atoms with Crippen LogP contribution in [0.3, 0.4) is 0 Å². The Kier molecular flexibility index (Phi) is 3.06. The van der Waals surface area contributed by atoms with Gasteiger partial charge in [0, 0.05) is 18.2 Å². The van der Waals surface area contributed by atoms with E-state index in [1.165, 1.54) is 18.9 Å². The third kappa shape index (κ3) is 2.14. The van der Waals surface area contributed by atoms with Gasteiger partial charge in [-0.25, -0.2) is 4.39 Å². The standard InChI is InChI=1S/C15H18FNO/c16-13-6-5-11-7-8-17(14(11)9-13)10-15(18)12-3-1-2-4-12/h5-6,9,12H,1-4,7-8,10H2. The van der Waals surface area contributed by atoms with Crippen LogP contribution < -0.4 is 4.90 Å². The number of ketones is 1. The lowest BCUT2D eigenvalue weighted by molar-refractivity contribution is -0.121. The molecule has 0 N–H and O–H groups in total. The van der Waals surface area contributed by atoms with Gasteiger partial charge in [-0.3, -0.25) is 4.79 Å². The highest BCUT2D eigenvalue weighted by atomic mass is 19.1. The maximum Gasteiger partial charge on any atom is 0.155 e. The lowest BCUT2D eigenvalue weighted by atomic mass is 10.0. The summed E-state index contributed by atoms with van der Waals surface area (Å²) in [6.07, 6.45) is 5.38. The number of fused-ring (bicyclic) bond motifs is 1. The van der Waals surface area contributed by atoms with Gasteiger partial charge in [0.1, 0.15) is 5.82 Å². The number of hydrogen-bond donors (Lipinski definition) is 0. The molecule has 1 aliphatic carbocycles. The van der Waals surface area contributed by atoms with Gasteiger partial charge in [0.05, 0.1) is 6.54 Å². The molecule has 0 saturated heterocycles. The molecule has 1 fully saturated rings. The van der Waals surface area contributed by atoms with Crippen molar-refractivity contribution in [2.24, 2.45) is 5.92 Å². The lowest BCUT2D eigenvalue weighted by Crippen LogP contribution is -2.31. The first kappa shape index (κ1) is 11.7. The summed E-state index contributed by atoms with van der Waals surface area (Å²) in [5, 5.41) is 0. The van der Waals surface area contributed by atoms with Crippen molar-refractivity contribution in [1.82, 2.24) is 0 Å². The van der Waals surface area contributed by atoms with Crippen LogP contribution >= 0.6 is 0 Å². The van der Waals surface area contributed by atoms with E-state index in [2.05, 4.69) is 0 Å². The van der Waals surface area contributed by atoms with E-state index in [9.17, 15) is 9.18 Å². The summed E-state index contributed by atoms with van der Waals surface area (Å²) >= 11 is 0. The van der Waals surface area contributed by atoms with Crippen molar-refractivity contribution in [3.63, 3.8) is 0 Å². The van der Waals surface area contributed by atoms with Crippen LogP contribution in [0.25, 0.3) is 0 Å². The van der Waals surface area contributed by atoms with E-state index in [-0.39, 0.29) is 11.7 Å². The number of Topliss-reactive ketones (excluding diaryl/α,β-unsaturated/α-hetero) is 1. The molecule has 1 aromatic carbocycles. The molecule has 1 heterocycles. The van der Waals surface area contributed by atoms with Crippen LogP contribution in [0.5, 0.6) is 0 Å². The Bertz CT molecular complexity index is 466. The smallest absolute Gasteiger partial charge is 0.155 e. The second-order valence-corrected chi connectivity index (χ2v) is 5.39. The Labute approximate surface area is 107 Å². The largest absolute Gasteiger partial charge is 0.364 e. The van der Waals surface area contributed by atoms with Crippen molar-refractivity contribution in [3.8, 4) is 0 Å². The minimum absolute atomic E-state index is 0.214. The molecule has 3 heteroatoms. The molecule has 0 bridgehead atoms. The van der Waals surface area contributed by atoms with E-state index < -0.39 is 0 Å². The predicted molar refractivity (Wildman–Crippen MR) is 69.3 cm³/mol. The van der Waals surface area contributed by atoms with Gasteiger partial charge >= 0.3 is 0 Å². The van der Waals surface area contributed by atoms with E-state index in [0.717, 1.165) is 37.1 Å². The molecule has 0 aromatic heterocycles. The number of anilines is 1. The summed E-state index contributed by atoms with van der Waals surface area (Å²) < 4.78 is 13.3. The zero-order valence-electron chi connectivity index (χ0n) is 10.5. The molecular weight excluding hydrogens is 229 g/mol. The van der Waals surface area contributed by atoms with Crippen molar-refractivity contribution >= 4 is 11.5 Å². The van der Waals surface area contributed by atoms with Crippen LogP contribution in [0.15, 0.2) is 18.2 Å². The molecule has 1 saturated carbocycles. The zero-order chi connectivity index (χ0) is 12.5. The predicted octanol–water partition coefficient (Wildman–Crippen LogP) is 2.95. The fraction of sp³-hybridized carbons (Fsp3) is 0.533. The fourth-order valence-electron chi connectivity index (χ4n) is 3.15. The van der Waals surface area contributed by atoms with Gasteiger partial charge in [0.25, 0.3) is 0 Å². The first-order chi connectivity index (χ1) is 8.74. The number of hydrogen-bond acceptors (Lipinski definition) is 2. The second-order valence-electron chi connectivity index (χ2n) is 5.39. The minimum Gasteiger partial charge on any atom is -0.364 e. The number of nitrogens with zero attached hydrogens (tertiary/aromatic N) is 1. The zero-order valence-corrected chi connectivity index (χ0v) is 10.5. The molecule has 0 spiro atoms. The van der Waals surface area contributed by atoms with Gasteiger partial charge in [-0.05, 0) is 37.0 Å². The van der Waals surface area contributed by atoms with E-state index in [4.69, 9.17) is 0 Å². The average molecular weight is 247 g/mol. The molecule has 0 radical (unpaired) electrons. The van der Waals surface area contributed by atoms with Gasteiger partial charge in [0.15, 0.2) is 5.78 Å². The second kappa shape index (κ2) is 4.71. The number of carbonyl (C=O) groups excluding carboxylic acids is 1. The van der Waals surface area contributed by atoms with Crippen LogP contribution in [0.4, 0.5) is 10.1 Å². The molecule has 18 heavy (non-hydrogen) atoms. The van der Waals surface area contributed by atoms with Crippen molar-refractivity contribution in [2.45, 2.75) is 32.1 Å². The van der Waals surface area contributed by atoms with Crippen LogP contribution in [-0.4, -0.2) is 18.9 Å². The topological polar surface area (TPSA) is 20.3 Å². The number of halogens is 1. The Morgan fingerprint density at radius 1 is 1.33 bits per heavy atom. The maximum atomic E-state index is 13.3. The third-order valence-electron chi connectivity index (χ3n) is 4.20. The van der Waals surface area contributed by atoms with Gasteiger partial charge in [0.2, 0.25) is 0 Å². The minimum atomic E-state index is -0.214. The maximum absolute atomic E-state index is 13.3. The molecule has 2 nitrogen and oxygen atoms in total. The number of rotatable bonds is 3. The van der Waals surface area contributed by atoms with Crippen LogP contribution in [0.1, 0.15) is 31.2 Å². The molecule has 0 atom stereocenters. The molecule has 1 aromatic rings. The van der Waals surface area contributed by atoms with Gasteiger partial charge in [-0.1, -0.05) is 18.9 Å². The Morgan fingerprint density at radius 3 is 2.89 bits per heavy atom. The van der Waals surface area contributed by atoms with E-state index in [1.54, 1.807) is 6.07 Å². The molecule has 0 unspecified atom stereocenters. The SMILES string of the molecule is O=C(CN1CCc2ccc(F)cc21)C1CCCC1. The van der Waals surface area contributed by atoms with Gasteiger partial charge in [-0.2, -0.15) is 0 Å². The van der Waals surface area contributed by atoms with Crippen molar-refractivity contribution in [1.29, 1.82) is 0 Å². The van der Waals surface area contributed by atoms with E-state index >= 15 is 0 Å². The summed E-state index contributed by atoms with van der Waals surface area (Å²) in [5.74, 6) is 0.376. The van der Waals surface area contributed by atoms with Crippen LogP contribution in [0.2, 0.25) is 0 Å². The molecule has 1 aliphatic heterocycles. The van der Waals surface area contributed by atoms with Gasteiger partial charge < -0.3 is 4.90 Å². The monoisotopic (exact) mass is 247 g/mol. The number of benzene rings is 1. The average Bonchev–Trinajstić information content (AvgIpc) is 2.99. The molecule has 96 valence electrons. The number of carbonyl (C=O) groups is 1. The highest BCUT2D eigenvalue weighted by Crippen LogP contribution is 2.30. The van der Waals surface area contributed by atoms with Crippen molar-refractivity contribution in [3.05, 3.63) is 29.6 Å². The Morgan fingerprint density at radius 2 is 2.11 bits per heavy atom. The molecule has 0 amide bonds. The van der Waals surface area contributed by atoms with Crippen LogP contribution in [0, 0.1) is 11.7 Å². The highest BCUT2D eigenvalue weighted by Gasteiger charge is 2.27. The molecule has 2 aliphatic rings. The quantitative estimate of drug-likeness (QED) is 0.818. The first-order valence-electron chi connectivity index (χ1n) is 6.80. The summed E-state index contributed by atoms with van der Waals surface area (Å²) in [4.78, 5) is 14.2. The summed E-state index contributed by atoms with van der Waals surface area (Å²) in [7, 11) is 0. The van der Waals surface area contributed by atoms with Crippen molar-refractivity contribution in [2.75, 3.05) is 18.0 Å². The summed E-state index contributed by atoms with van der Waals surface area (Å²) in [6, 6.07) is 4.90. The van der Waals surface area contributed by atoms with E-state index in [1.807, 2.05) is 11.0 Å². The third-order valence-corrected chi connectivity index (χ3v) is 4.20. The van der Waals surface area contributed by atoms with E-state index in [0.29, 0.717) is 12.3 Å². The van der Waals surface area contributed by atoms with Crippen LogP contribution in [-0.2, 0) is 11.2 Å². The lowest BCUT2D eigenvalue weighted by Gasteiger charge is -2.20. The summed E-state index contributed by atoms with van der Waals surface area (Å²) in [6.45, 7) is 1.30. The highest BCUT2D eigenvalue weighted by molar-refractivity contribution is 5.86. The first-order valence-corrected chi connectivity index (χ1v) is 6.80. The summed E-state index contributed by atoms with van der Waals surface area (Å²) in [5.41, 5.74) is 2.08. The van der Waals surface area contributed by atoms with Crippen molar-refractivity contribution < 1.29 is 9.18 Å². The van der Waals surface area contributed by atoms with Gasteiger partial charge in [-0.15, -0.1) is 0 Å². The normalized spacial score (nSPS) is 19.3. The molecular formula is C15H18FNO. The Hall–Kier alpha value is -1.38. The molecule has 3 rings (SSSR count). The Balaban J connectivity index is 1.72.